The van der Waals surface area contributed by atoms with E-state index < -0.39 is 14.9 Å². The van der Waals surface area contributed by atoms with Gasteiger partial charge in [-0.15, -0.1) is 0 Å². The van der Waals surface area contributed by atoms with E-state index in [1.54, 1.807) is 0 Å². The topological polar surface area (TPSA) is 137 Å². The molecular formula is C10H16N4O5S2. The summed E-state index contributed by atoms with van der Waals surface area (Å²) in [7, 11) is -3.82. The molecule has 2 heterocycles. The summed E-state index contributed by atoms with van der Waals surface area (Å²) in [5, 5.41) is 10.8. The van der Waals surface area contributed by atoms with E-state index in [2.05, 4.69) is 10.1 Å². The van der Waals surface area contributed by atoms with Gasteiger partial charge in [-0.05, 0) is 19.8 Å². The Labute approximate surface area is 125 Å². The standard InChI is InChI=1S/C10H16N4O5S2/c1-6-4-7(2-3-19-6)13-21(17,18)9-5-8(14(15)16)10(12-11)20-9/h5-7,12-13H,2-4,11H2,1H3. The van der Waals surface area contributed by atoms with Gasteiger partial charge in [0.15, 0.2) is 5.00 Å². The quantitative estimate of drug-likeness (QED) is 0.410. The van der Waals surface area contributed by atoms with Crippen LogP contribution in [0.15, 0.2) is 10.3 Å². The number of rotatable bonds is 5. The summed E-state index contributed by atoms with van der Waals surface area (Å²) in [4.78, 5) is 10.2. The second-order valence-corrected chi connectivity index (χ2v) is 7.70. The van der Waals surface area contributed by atoms with Crippen molar-refractivity contribution in [2.24, 2.45) is 5.84 Å². The average molecular weight is 336 g/mol. The second-order valence-electron chi connectivity index (χ2n) is 4.71. The van der Waals surface area contributed by atoms with Crippen LogP contribution in [-0.2, 0) is 14.8 Å². The summed E-state index contributed by atoms with van der Waals surface area (Å²) in [5.41, 5.74) is 1.79. The van der Waals surface area contributed by atoms with Gasteiger partial charge in [0.25, 0.3) is 10.0 Å². The summed E-state index contributed by atoms with van der Waals surface area (Å²) < 4.78 is 32.3. The van der Waals surface area contributed by atoms with Gasteiger partial charge in [0.1, 0.15) is 4.21 Å². The molecule has 0 radical (unpaired) electrons. The zero-order valence-electron chi connectivity index (χ0n) is 11.2. The van der Waals surface area contributed by atoms with Crippen LogP contribution in [0.25, 0.3) is 0 Å². The van der Waals surface area contributed by atoms with Crippen molar-refractivity contribution in [3.63, 3.8) is 0 Å². The number of nitrogens with two attached hydrogens (primary N) is 1. The number of hydrogen-bond donors (Lipinski definition) is 3. The van der Waals surface area contributed by atoms with Crippen LogP contribution < -0.4 is 16.0 Å². The third-order valence-corrected chi connectivity index (χ3v) is 6.14. The van der Waals surface area contributed by atoms with Crippen molar-refractivity contribution in [1.82, 2.24) is 4.72 Å². The Hall–Kier alpha value is -1.27. The lowest BCUT2D eigenvalue weighted by Gasteiger charge is -2.27. The largest absolute Gasteiger partial charge is 0.378 e. The molecule has 2 atom stereocenters. The molecule has 1 aliphatic heterocycles. The monoisotopic (exact) mass is 336 g/mol. The maximum absolute atomic E-state index is 12.3. The lowest BCUT2D eigenvalue weighted by Crippen LogP contribution is -2.40. The van der Waals surface area contributed by atoms with Gasteiger partial charge in [0, 0.05) is 18.7 Å². The molecule has 0 saturated carbocycles. The smallest absolute Gasteiger partial charge is 0.306 e. The third kappa shape index (κ3) is 3.68. The predicted octanol–water partition coefficient (Wildman–Crippen LogP) is 0.788. The third-order valence-electron chi connectivity index (χ3n) is 3.09. The van der Waals surface area contributed by atoms with Crippen LogP contribution >= 0.6 is 11.3 Å². The number of nitrogen functional groups attached to an aromatic ring is 1. The number of sulfonamides is 1. The number of anilines is 1. The molecular weight excluding hydrogens is 320 g/mol. The molecule has 118 valence electrons. The molecule has 11 heteroatoms. The molecule has 0 amide bonds. The van der Waals surface area contributed by atoms with Gasteiger partial charge in [0.05, 0.1) is 11.0 Å². The van der Waals surface area contributed by atoms with Gasteiger partial charge in [0.2, 0.25) is 0 Å². The Kier molecular flexibility index (Phi) is 4.78. The number of nitrogens with one attached hydrogen (secondary N) is 2. The molecule has 9 nitrogen and oxygen atoms in total. The normalized spacial score (nSPS) is 23.0. The average Bonchev–Trinajstić information content (AvgIpc) is 2.83. The molecule has 1 aromatic rings. The summed E-state index contributed by atoms with van der Waals surface area (Å²) in [5.74, 6) is 5.17. The van der Waals surface area contributed by atoms with Gasteiger partial charge in [-0.1, -0.05) is 11.3 Å². The number of nitrogens with zero attached hydrogens (tertiary/aromatic N) is 1. The Bertz CT molecular complexity index is 629. The number of hydrazine groups is 1. The molecule has 0 aromatic carbocycles. The van der Waals surface area contributed by atoms with Crippen LogP contribution in [0.2, 0.25) is 0 Å². The maximum atomic E-state index is 12.3. The Morgan fingerprint density at radius 2 is 2.29 bits per heavy atom. The zero-order chi connectivity index (χ0) is 15.6. The number of ether oxygens (including phenoxy) is 1. The van der Waals surface area contributed by atoms with Crippen LogP contribution in [0.1, 0.15) is 19.8 Å². The lowest BCUT2D eigenvalue weighted by atomic mass is 10.1. The molecule has 1 aliphatic rings. The minimum Gasteiger partial charge on any atom is -0.378 e. The molecule has 1 saturated heterocycles. The molecule has 0 spiro atoms. The van der Waals surface area contributed by atoms with Crippen molar-refractivity contribution < 1.29 is 18.1 Å². The fourth-order valence-electron chi connectivity index (χ4n) is 2.11. The first kappa shape index (κ1) is 16.1. The molecule has 4 N–H and O–H groups in total. The minimum absolute atomic E-state index is 0.000667. The van der Waals surface area contributed by atoms with E-state index >= 15 is 0 Å². The first-order chi connectivity index (χ1) is 9.83. The van der Waals surface area contributed by atoms with E-state index in [1.165, 1.54) is 0 Å². The highest BCUT2D eigenvalue weighted by Gasteiger charge is 2.29. The van der Waals surface area contributed by atoms with Gasteiger partial charge in [-0.2, -0.15) is 0 Å². The van der Waals surface area contributed by atoms with Gasteiger partial charge in [-0.3, -0.25) is 10.1 Å². The zero-order valence-corrected chi connectivity index (χ0v) is 12.9. The van der Waals surface area contributed by atoms with Crippen LogP contribution in [0.3, 0.4) is 0 Å². The van der Waals surface area contributed by atoms with Crippen molar-refractivity contribution in [2.75, 3.05) is 12.0 Å². The molecule has 21 heavy (non-hydrogen) atoms. The highest BCUT2D eigenvalue weighted by molar-refractivity contribution is 7.91. The van der Waals surface area contributed by atoms with Gasteiger partial charge >= 0.3 is 5.69 Å². The number of hydrogen-bond acceptors (Lipinski definition) is 8. The van der Waals surface area contributed by atoms with Gasteiger partial charge < -0.3 is 10.2 Å². The molecule has 2 rings (SSSR count). The van der Waals surface area contributed by atoms with E-state index in [0.717, 1.165) is 17.4 Å². The summed E-state index contributed by atoms with van der Waals surface area (Å²) in [6, 6.07) is 0.763. The Balaban J connectivity index is 2.21. The highest BCUT2D eigenvalue weighted by Crippen LogP contribution is 2.36. The SMILES string of the molecule is CC1CC(NS(=O)(=O)c2cc([N+](=O)[O-])c(NN)s2)CCO1. The Morgan fingerprint density at radius 3 is 2.81 bits per heavy atom. The molecule has 2 unspecified atom stereocenters. The van der Waals surface area contributed by atoms with E-state index in [1.807, 2.05) is 6.92 Å². The van der Waals surface area contributed by atoms with E-state index in [9.17, 15) is 18.5 Å². The minimum atomic E-state index is -3.82. The highest BCUT2D eigenvalue weighted by atomic mass is 32.2. The molecule has 0 aliphatic carbocycles. The molecule has 1 fully saturated rings. The van der Waals surface area contributed by atoms with E-state index in [-0.39, 0.29) is 27.0 Å². The predicted molar refractivity (Wildman–Crippen MR) is 77.5 cm³/mol. The van der Waals surface area contributed by atoms with E-state index in [4.69, 9.17) is 10.6 Å². The van der Waals surface area contributed by atoms with Crippen molar-refractivity contribution in [1.29, 1.82) is 0 Å². The summed E-state index contributed by atoms with van der Waals surface area (Å²) in [6.45, 7) is 2.35. The first-order valence-corrected chi connectivity index (χ1v) is 8.52. The van der Waals surface area contributed by atoms with E-state index in [0.29, 0.717) is 19.4 Å². The van der Waals surface area contributed by atoms with Crippen molar-refractivity contribution in [3.8, 4) is 0 Å². The lowest BCUT2D eigenvalue weighted by molar-refractivity contribution is -0.383. The number of nitro groups is 1. The van der Waals surface area contributed by atoms with Crippen molar-refractivity contribution in [2.45, 2.75) is 36.1 Å². The summed E-state index contributed by atoms with van der Waals surface area (Å²) in [6.07, 6.45) is 1.11. The van der Waals surface area contributed by atoms with Gasteiger partial charge in [-0.25, -0.2) is 19.0 Å². The Morgan fingerprint density at radius 1 is 1.57 bits per heavy atom. The summed E-state index contributed by atoms with van der Waals surface area (Å²) >= 11 is 0.725. The van der Waals surface area contributed by atoms with Crippen LogP contribution in [0.5, 0.6) is 0 Å². The molecule has 0 bridgehead atoms. The number of thiophene rings is 1. The maximum Gasteiger partial charge on any atom is 0.306 e. The first-order valence-electron chi connectivity index (χ1n) is 6.22. The molecule has 1 aromatic heterocycles. The van der Waals surface area contributed by atoms with Crippen LogP contribution in [-0.4, -0.2) is 32.1 Å². The van der Waals surface area contributed by atoms with Crippen LogP contribution in [0, 0.1) is 10.1 Å². The fraction of sp³-hybridized carbons (Fsp3) is 0.600. The fourth-order valence-corrected chi connectivity index (χ4v) is 4.65. The van der Waals surface area contributed by atoms with Crippen molar-refractivity contribution in [3.05, 3.63) is 16.2 Å². The van der Waals surface area contributed by atoms with Crippen molar-refractivity contribution >= 4 is 32.0 Å². The van der Waals surface area contributed by atoms with Crippen LogP contribution in [0.4, 0.5) is 10.7 Å². The second kappa shape index (κ2) is 6.23.